The molecule has 20 heavy (non-hydrogen) atoms. The van der Waals surface area contributed by atoms with Crippen LogP contribution in [0.5, 0.6) is 0 Å². The lowest BCUT2D eigenvalue weighted by molar-refractivity contribution is -0.147. The molecule has 1 heterocycles. The van der Waals surface area contributed by atoms with Crippen LogP contribution >= 0.6 is 27.5 Å². The van der Waals surface area contributed by atoms with Gasteiger partial charge in [0, 0.05) is 19.1 Å². The molecule has 7 heteroatoms. The lowest BCUT2D eigenvalue weighted by atomic mass is 10.0. The molecular weight excluding hydrogens is 357 g/mol. The van der Waals surface area contributed by atoms with Crippen molar-refractivity contribution < 1.29 is 13.2 Å². The number of halogens is 5. The van der Waals surface area contributed by atoms with Gasteiger partial charge in [0.15, 0.2) is 0 Å². The second-order valence-electron chi connectivity index (χ2n) is 4.91. The fourth-order valence-corrected chi connectivity index (χ4v) is 2.88. The normalized spacial score (nSPS) is 18.2. The summed E-state index contributed by atoms with van der Waals surface area (Å²) >= 11 is 9.41. The molecule has 0 radical (unpaired) electrons. The molecule has 0 amide bonds. The number of likely N-dealkylation sites (tertiary alicyclic amines) is 1. The Morgan fingerprint density at radius 2 is 1.95 bits per heavy atom. The van der Waals surface area contributed by atoms with Crippen LogP contribution in [0.3, 0.4) is 0 Å². The van der Waals surface area contributed by atoms with Crippen LogP contribution in [-0.2, 0) is 0 Å². The Bertz CT molecular complexity index is 459. The van der Waals surface area contributed by atoms with Crippen molar-refractivity contribution in [2.45, 2.75) is 25.1 Å². The first-order valence-electron chi connectivity index (χ1n) is 6.35. The molecule has 0 bridgehead atoms. The molecule has 1 fully saturated rings. The highest BCUT2D eigenvalue weighted by molar-refractivity contribution is 9.10. The van der Waals surface area contributed by atoms with Crippen molar-refractivity contribution >= 4 is 33.2 Å². The van der Waals surface area contributed by atoms with Gasteiger partial charge in [0.1, 0.15) is 0 Å². The van der Waals surface area contributed by atoms with E-state index < -0.39 is 12.7 Å². The Hall–Kier alpha value is -0.460. The van der Waals surface area contributed by atoms with Crippen molar-refractivity contribution in [3.05, 3.63) is 27.7 Å². The molecule has 2 rings (SSSR count). The van der Waals surface area contributed by atoms with Crippen LogP contribution in [0.15, 0.2) is 22.7 Å². The van der Waals surface area contributed by atoms with Crippen molar-refractivity contribution in [1.82, 2.24) is 4.90 Å². The third kappa shape index (κ3) is 4.53. The highest BCUT2D eigenvalue weighted by Gasteiger charge is 2.32. The number of rotatable bonds is 3. The van der Waals surface area contributed by atoms with Crippen molar-refractivity contribution in [2.75, 3.05) is 25.0 Å². The van der Waals surface area contributed by atoms with E-state index in [4.69, 9.17) is 11.6 Å². The number of hydrogen-bond acceptors (Lipinski definition) is 2. The standard InChI is InChI=1S/C13H15BrClF3N2/c14-12-10(15)2-1-3-11(12)19-9-4-6-20(7-5-9)8-13(16,17)18/h1-3,9,19H,4-8H2. The first-order chi connectivity index (χ1) is 9.35. The lowest BCUT2D eigenvalue weighted by Gasteiger charge is -2.33. The Kier molecular flexibility index (Phi) is 5.20. The second kappa shape index (κ2) is 6.54. The molecule has 1 saturated heterocycles. The summed E-state index contributed by atoms with van der Waals surface area (Å²) in [6, 6.07) is 5.70. The average Bonchev–Trinajstić information content (AvgIpc) is 2.35. The number of alkyl halides is 3. The number of anilines is 1. The summed E-state index contributed by atoms with van der Waals surface area (Å²) in [5, 5.41) is 3.95. The van der Waals surface area contributed by atoms with Gasteiger partial charge in [0.2, 0.25) is 0 Å². The Labute approximate surface area is 129 Å². The Balaban J connectivity index is 1.87. The summed E-state index contributed by atoms with van der Waals surface area (Å²) in [7, 11) is 0. The summed E-state index contributed by atoms with van der Waals surface area (Å²) < 4.78 is 37.7. The molecule has 1 N–H and O–H groups in total. The molecule has 0 aliphatic carbocycles. The van der Waals surface area contributed by atoms with Gasteiger partial charge in [-0.1, -0.05) is 17.7 Å². The molecule has 0 saturated carbocycles. The van der Waals surface area contributed by atoms with E-state index in [2.05, 4.69) is 21.2 Å². The maximum atomic E-state index is 12.3. The van der Waals surface area contributed by atoms with Gasteiger partial charge in [-0.15, -0.1) is 0 Å². The smallest absolute Gasteiger partial charge is 0.381 e. The topological polar surface area (TPSA) is 15.3 Å². The fourth-order valence-electron chi connectivity index (χ4n) is 2.32. The van der Waals surface area contributed by atoms with Crippen molar-refractivity contribution in [1.29, 1.82) is 0 Å². The molecule has 112 valence electrons. The summed E-state index contributed by atoms with van der Waals surface area (Å²) in [4.78, 5) is 1.45. The zero-order chi connectivity index (χ0) is 14.8. The van der Waals surface area contributed by atoms with E-state index in [1.54, 1.807) is 6.07 Å². The van der Waals surface area contributed by atoms with E-state index in [9.17, 15) is 13.2 Å². The minimum atomic E-state index is -4.11. The van der Waals surface area contributed by atoms with Crippen LogP contribution in [0.25, 0.3) is 0 Å². The van der Waals surface area contributed by atoms with Gasteiger partial charge in [0.25, 0.3) is 0 Å². The molecule has 0 aromatic heterocycles. The van der Waals surface area contributed by atoms with Crippen LogP contribution in [-0.4, -0.2) is 36.8 Å². The van der Waals surface area contributed by atoms with Gasteiger partial charge in [-0.05, 0) is 40.9 Å². The Morgan fingerprint density at radius 1 is 1.30 bits per heavy atom. The van der Waals surface area contributed by atoms with Gasteiger partial charge in [0.05, 0.1) is 21.7 Å². The van der Waals surface area contributed by atoms with Gasteiger partial charge in [-0.3, -0.25) is 4.90 Å². The van der Waals surface area contributed by atoms with Crippen LogP contribution in [0.1, 0.15) is 12.8 Å². The van der Waals surface area contributed by atoms with E-state index in [1.165, 1.54) is 4.90 Å². The summed E-state index contributed by atoms with van der Waals surface area (Å²) in [6.45, 7) is 0.0886. The van der Waals surface area contributed by atoms with Crippen LogP contribution in [0.4, 0.5) is 18.9 Å². The van der Waals surface area contributed by atoms with Crippen LogP contribution < -0.4 is 5.32 Å². The number of nitrogens with one attached hydrogen (secondary N) is 1. The van der Waals surface area contributed by atoms with Gasteiger partial charge in [-0.25, -0.2) is 0 Å². The molecule has 1 aromatic carbocycles. The number of piperidine rings is 1. The van der Waals surface area contributed by atoms with Gasteiger partial charge < -0.3 is 5.32 Å². The third-order valence-electron chi connectivity index (χ3n) is 3.30. The quantitative estimate of drug-likeness (QED) is 0.839. The highest BCUT2D eigenvalue weighted by atomic mass is 79.9. The highest BCUT2D eigenvalue weighted by Crippen LogP contribution is 2.31. The molecule has 0 atom stereocenters. The maximum absolute atomic E-state index is 12.3. The first-order valence-corrected chi connectivity index (χ1v) is 7.52. The number of hydrogen-bond donors (Lipinski definition) is 1. The maximum Gasteiger partial charge on any atom is 0.401 e. The molecule has 1 aliphatic heterocycles. The fraction of sp³-hybridized carbons (Fsp3) is 0.538. The van der Waals surface area contributed by atoms with Crippen LogP contribution in [0, 0.1) is 0 Å². The predicted octanol–water partition coefficient (Wildman–Crippen LogP) is 4.54. The third-order valence-corrected chi connectivity index (χ3v) is 4.70. The lowest BCUT2D eigenvalue weighted by Crippen LogP contribution is -2.43. The van der Waals surface area contributed by atoms with Gasteiger partial charge >= 0.3 is 6.18 Å². The Morgan fingerprint density at radius 3 is 2.55 bits per heavy atom. The van der Waals surface area contributed by atoms with Crippen molar-refractivity contribution in [3.63, 3.8) is 0 Å². The zero-order valence-electron chi connectivity index (χ0n) is 10.7. The summed E-state index contributed by atoms with van der Waals surface area (Å²) in [5.74, 6) is 0. The zero-order valence-corrected chi connectivity index (χ0v) is 13.0. The monoisotopic (exact) mass is 370 g/mol. The molecule has 2 nitrogen and oxygen atoms in total. The largest absolute Gasteiger partial charge is 0.401 e. The molecular formula is C13H15BrClF3N2. The van der Waals surface area contributed by atoms with E-state index in [-0.39, 0.29) is 6.04 Å². The molecule has 1 aliphatic rings. The van der Waals surface area contributed by atoms with E-state index >= 15 is 0 Å². The van der Waals surface area contributed by atoms with Crippen molar-refractivity contribution in [2.24, 2.45) is 0 Å². The first kappa shape index (κ1) is 15.9. The van der Waals surface area contributed by atoms with E-state index in [0.29, 0.717) is 31.0 Å². The summed E-state index contributed by atoms with van der Waals surface area (Å²) in [6.07, 6.45) is -2.74. The number of benzene rings is 1. The minimum Gasteiger partial charge on any atom is -0.381 e. The number of nitrogens with zero attached hydrogens (tertiary/aromatic N) is 1. The second-order valence-corrected chi connectivity index (χ2v) is 6.11. The van der Waals surface area contributed by atoms with Crippen LogP contribution in [0.2, 0.25) is 5.02 Å². The average molecular weight is 372 g/mol. The van der Waals surface area contributed by atoms with Gasteiger partial charge in [-0.2, -0.15) is 13.2 Å². The van der Waals surface area contributed by atoms with E-state index in [1.807, 2.05) is 12.1 Å². The molecule has 0 unspecified atom stereocenters. The summed E-state index contributed by atoms with van der Waals surface area (Å²) in [5.41, 5.74) is 0.881. The minimum absolute atomic E-state index is 0.175. The predicted molar refractivity (Wildman–Crippen MR) is 78.3 cm³/mol. The molecule has 0 spiro atoms. The van der Waals surface area contributed by atoms with Crippen molar-refractivity contribution in [3.8, 4) is 0 Å². The SMILES string of the molecule is FC(F)(F)CN1CCC(Nc2cccc(Cl)c2Br)CC1. The van der Waals surface area contributed by atoms with E-state index in [0.717, 1.165) is 10.2 Å². The molecule has 1 aromatic rings.